The molecule has 0 atom stereocenters. The van der Waals surface area contributed by atoms with Crippen molar-refractivity contribution >= 4 is 22.4 Å². The Balaban J connectivity index is 0.000000461. The summed E-state index contributed by atoms with van der Waals surface area (Å²) in [6.07, 6.45) is 0. The third-order valence-corrected chi connectivity index (χ3v) is 2.38. The lowest BCUT2D eigenvalue weighted by atomic mass is 10.1. The highest BCUT2D eigenvalue weighted by Gasteiger charge is 1.99. The van der Waals surface area contributed by atoms with Crippen molar-refractivity contribution in [2.45, 2.75) is 20.8 Å². The normalized spacial score (nSPS) is 9.43. The van der Waals surface area contributed by atoms with Crippen molar-refractivity contribution in [3.63, 3.8) is 0 Å². The van der Waals surface area contributed by atoms with Gasteiger partial charge in [0.05, 0.1) is 0 Å². The molecule has 0 saturated carbocycles. The van der Waals surface area contributed by atoms with Gasteiger partial charge < -0.3 is 0 Å². The summed E-state index contributed by atoms with van der Waals surface area (Å²) in [6, 6.07) is 12.2. The Morgan fingerprint density at radius 3 is 2.07 bits per heavy atom. The van der Waals surface area contributed by atoms with E-state index in [0.29, 0.717) is 0 Å². The average molecular weight is 207 g/mol. The fraction of sp³-hybridized carbons (Fsp3) is 0.231. The molecular weight excluding hydrogens is 192 g/mol. The fourth-order valence-corrected chi connectivity index (χ4v) is 1.81. The molecule has 0 spiro atoms. The molecular formula is C13H15Cl. The molecule has 1 heteroatoms. The van der Waals surface area contributed by atoms with Crippen LogP contribution < -0.4 is 0 Å². The number of benzene rings is 2. The Kier molecular flexibility index (Phi) is 3.97. The molecule has 0 N–H and O–H groups in total. The molecule has 0 aliphatic rings. The molecule has 0 heterocycles. The van der Waals surface area contributed by atoms with Crippen molar-refractivity contribution in [1.82, 2.24) is 0 Å². The van der Waals surface area contributed by atoms with Crippen LogP contribution in [0.1, 0.15) is 19.4 Å². The van der Waals surface area contributed by atoms with Crippen LogP contribution in [0.25, 0.3) is 10.8 Å². The van der Waals surface area contributed by atoms with E-state index in [2.05, 4.69) is 25.1 Å². The minimum absolute atomic E-state index is 0.839. The maximum absolute atomic E-state index is 6.06. The SMILES string of the molecule is CC.Cc1cccc2cccc(Cl)c12. The van der Waals surface area contributed by atoms with E-state index < -0.39 is 0 Å². The van der Waals surface area contributed by atoms with Crippen LogP contribution in [-0.2, 0) is 0 Å². The minimum atomic E-state index is 0.839. The lowest BCUT2D eigenvalue weighted by molar-refractivity contribution is 1.50. The number of halogens is 1. The van der Waals surface area contributed by atoms with Crippen LogP contribution in [0.15, 0.2) is 36.4 Å². The topological polar surface area (TPSA) is 0 Å². The van der Waals surface area contributed by atoms with E-state index in [-0.39, 0.29) is 0 Å². The predicted octanol–water partition coefficient (Wildman–Crippen LogP) is 4.83. The molecule has 0 radical (unpaired) electrons. The Hall–Kier alpha value is -1.01. The zero-order valence-electron chi connectivity index (χ0n) is 8.84. The van der Waals surface area contributed by atoms with Crippen molar-refractivity contribution in [2.75, 3.05) is 0 Å². The van der Waals surface area contributed by atoms with Gasteiger partial charge >= 0.3 is 0 Å². The molecule has 2 aromatic carbocycles. The third-order valence-electron chi connectivity index (χ3n) is 2.06. The van der Waals surface area contributed by atoms with Crippen molar-refractivity contribution in [3.8, 4) is 0 Å². The second-order valence-corrected chi connectivity index (χ2v) is 3.32. The van der Waals surface area contributed by atoms with E-state index >= 15 is 0 Å². The summed E-state index contributed by atoms with van der Waals surface area (Å²) in [5.41, 5.74) is 1.23. The maximum Gasteiger partial charge on any atom is 0.0487 e. The van der Waals surface area contributed by atoms with Gasteiger partial charge in [-0.25, -0.2) is 0 Å². The van der Waals surface area contributed by atoms with E-state index in [1.807, 2.05) is 32.0 Å². The number of fused-ring (bicyclic) bond motifs is 1. The first kappa shape index (κ1) is 11.1. The molecule has 0 amide bonds. The zero-order chi connectivity index (χ0) is 10.6. The summed E-state index contributed by atoms with van der Waals surface area (Å²) >= 11 is 6.06. The first-order chi connectivity index (χ1) is 6.79. The van der Waals surface area contributed by atoms with Gasteiger partial charge in [-0.2, -0.15) is 0 Å². The second kappa shape index (κ2) is 5.02. The summed E-state index contributed by atoms with van der Waals surface area (Å²) in [4.78, 5) is 0. The number of rotatable bonds is 0. The molecule has 0 unspecified atom stereocenters. The summed E-state index contributed by atoms with van der Waals surface area (Å²) in [7, 11) is 0. The van der Waals surface area contributed by atoms with Gasteiger partial charge in [0.25, 0.3) is 0 Å². The van der Waals surface area contributed by atoms with E-state index in [0.717, 1.165) is 5.02 Å². The van der Waals surface area contributed by atoms with E-state index in [4.69, 9.17) is 11.6 Å². The highest BCUT2D eigenvalue weighted by molar-refractivity contribution is 6.35. The van der Waals surface area contributed by atoms with Crippen LogP contribution in [-0.4, -0.2) is 0 Å². The Morgan fingerprint density at radius 2 is 1.50 bits per heavy atom. The number of aryl methyl sites for hydroxylation is 1. The molecule has 0 nitrogen and oxygen atoms in total. The summed E-state index contributed by atoms with van der Waals surface area (Å²) in [5.74, 6) is 0. The molecule has 0 aliphatic carbocycles. The minimum Gasteiger partial charge on any atom is -0.0837 e. The number of hydrogen-bond donors (Lipinski definition) is 0. The van der Waals surface area contributed by atoms with Gasteiger partial charge in [-0.05, 0) is 23.9 Å². The van der Waals surface area contributed by atoms with Crippen LogP contribution in [0.2, 0.25) is 5.02 Å². The first-order valence-electron chi connectivity index (χ1n) is 4.93. The van der Waals surface area contributed by atoms with Gasteiger partial charge in [0.2, 0.25) is 0 Å². The maximum atomic E-state index is 6.06. The Morgan fingerprint density at radius 1 is 0.929 bits per heavy atom. The smallest absolute Gasteiger partial charge is 0.0487 e. The van der Waals surface area contributed by atoms with E-state index in [1.54, 1.807) is 0 Å². The molecule has 0 bridgehead atoms. The monoisotopic (exact) mass is 206 g/mol. The van der Waals surface area contributed by atoms with Gasteiger partial charge in [-0.3, -0.25) is 0 Å². The van der Waals surface area contributed by atoms with Crippen LogP contribution in [0.4, 0.5) is 0 Å². The first-order valence-corrected chi connectivity index (χ1v) is 5.30. The van der Waals surface area contributed by atoms with Gasteiger partial charge in [0.1, 0.15) is 0 Å². The van der Waals surface area contributed by atoms with Gasteiger partial charge in [-0.15, -0.1) is 0 Å². The van der Waals surface area contributed by atoms with Crippen LogP contribution in [0.3, 0.4) is 0 Å². The number of hydrogen-bond acceptors (Lipinski definition) is 0. The van der Waals surface area contributed by atoms with Gasteiger partial charge in [-0.1, -0.05) is 55.8 Å². The van der Waals surface area contributed by atoms with Gasteiger partial charge in [0, 0.05) is 10.4 Å². The Bertz CT molecular complexity index is 382. The summed E-state index contributed by atoms with van der Waals surface area (Å²) in [6.45, 7) is 6.08. The second-order valence-electron chi connectivity index (χ2n) is 2.91. The molecule has 0 aromatic heterocycles. The van der Waals surface area contributed by atoms with Crippen molar-refractivity contribution in [2.24, 2.45) is 0 Å². The largest absolute Gasteiger partial charge is 0.0837 e. The standard InChI is InChI=1S/C11H9Cl.C2H6/c1-8-4-2-5-9-6-3-7-10(12)11(8)9;1-2/h2-7H,1H3;1-2H3. The van der Waals surface area contributed by atoms with Crippen molar-refractivity contribution in [1.29, 1.82) is 0 Å². The fourth-order valence-electron chi connectivity index (χ4n) is 1.48. The van der Waals surface area contributed by atoms with Crippen molar-refractivity contribution < 1.29 is 0 Å². The summed E-state index contributed by atoms with van der Waals surface area (Å²) in [5, 5.41) is 3.22. The highest BCUT2D eigenvalue weighted by atomic mass is 35.5. The summed E-state index contributed by atoms with van der Waals surface area (Å²) < 4.78 is 0. The van der Waals surface area contributed by atoms with E-state index in [9.17, 15) is 0 Å². The molecule has 2 rings (SSSR count). The molecule has 74 valence electrons. The molecule has 14 heavy (non-hydrogen) atoms. The molecule has 0 aliphatic heterocycles. The van der Waals surface area contributed by atoms with Crippen LogP contribution in [0, 0.1) is 6.92 Å². The third kappa shape index (κ3) is 2.08. The van der Waals surface area contributed by atoms with Crippen LogP contribution >= 0.6 is 11.6 Å². The Labute approximate surface area is 90.5 Å². The highest BCUT2D eigenvalue weighted by Crippen LogP contribution is 2.25. The lowest BCUT2D eigenvalue weighted by Gasteiger charge is -2.02. The van der Waals surface area contributed by atoms with Crippen molar-refractivity contribution in [3.05, 3.63) is 47.0 Å². The van der Waals surface area contributed by atoms with Gasteiger partial charge in [0.15, 0.2) is 0 Å². The zero-order valence-corrected chi connectivity index (χ0v) is 9.60. The lowest BCUT2D eigenvalue weighted by Crippen LogP contribution is -1.78. The predicted molar refractivity (Wildman–Crippen MR) is 65.0 cm³/mol. The average Bonchev–Trinajstić information content (AvgIpc) is 2.21. The van der Waals surface area contributed by atoms with E-state index in [1.165, 1.54) is 16.3 Å². The molecule has 0 fully saturated rings. The molecule has 0 saturated heterocycles. The quantitative estimate of drug-likeness (QED) is 0.579. The molecule has 2 aromatic rings. The van der Waals surface area contributed by atoms with Crippen LogP contribution in [0.5, 0.6) is 0 Å².